The van der Waals surface area contributed by atoms with Crippen molar-refractivity contribution in [3.05, 3.63) is 48.0 Å². The molecule has 0 saturated heterocycles. The Balaban J connectivity index is 1.48. The predicted molar refractivity (Wildman–Crippen MR) is 113 cm³/mol. The molecule has 0 atom stereocenters. The summed E-state index contributed by atoms with van der Waals surface area (Å²) in [5.74, 6) is 1.25. The van der Waals surface area contributed by atoms with Gasteiger partial charge in [0.05, 0.1) is 10.4 Å². The Bertz CT molecular complexity index is 1210. The number of alkyl halides is 3. The number of aromatic amines is 1. The highest BCUT2D eigenvalue weighted by Gasteiger charge is 2.30. The zero-order chi connectivity index (χ0) is 22.0. The molecular weight excluding hydrogens is 451 g/mol. The Hall–Kier alpha value is -3.32. The third-order valence-corrected chi connectivity index (χ3v) is 5.36. The molecule has 13 heteroatoms. The minimum atomic E-state index is -4.43. The highest BCUT2D eigenvalue weighted by Crippen LogP contribution is 2.35. The first-order valence-electron chi connectivity index (χ1n) is 8.64. The van der Waals surface area contributed by atoms with Gasteiger partial charge in [-0.25, -0.2) is 4.98 Å². The van der Waals surface area contributed by atoms with Crippen LogP contribution >= 0.6 is 23.1 Å². The highest BCUT2D eigenvalue weighted by molar-refractivity contribution is 7.98. The average Bonchev–Trinajstić information content (AvgIpc) is 3.36. The highest BCUT2D eigenvalue weighted by atomic mass is 32.2. The van der Waals surface area contributed by atoms with Gasteiger partial charge in [-0.2, -0.15) is 18.2 Å². The lowest BCUT2D eigenvalue weighted by Crippen LogP contribution is -2.05. The monoisotopic (exact) mass is 465 g/mol. The van der Waals surface area contributed by atoms with E-state index in [0.29, 0.717) is 32.6 Å². The number of nitrogen functional groups attached to an aromatic ring is 1. The summed E-state index contributed by atoms with van der Waals surface area (Å²) in [5.41, 5.74) is 5.23. The second kappa shape index (κ2) is 8.43. The molecule has 4 rings (SSSR count). The molecule has 31 heavy (non-hydrogen) atoms. The van der Waals surface area contributed by atoms with Crippen LogP contribution in [0.3, 0.4) is 0 Å². The van der Waals surface area contributed by atoms with Crippen LogP contribution in [0.5, 0.6) is 10.9 Å². The van der Waals surface area contributed by atoms with Gasteiger partial charge in [0.25, 0.3) is 0 Å². The summed E-state index contributed by atoms with van der Waals surface area (Å²) >= 11 is 2.63. The van der Waals surface area contributed by atoms with Crippen LogP contribution in [0.1, 0.15) is 5.56 Å². The van der Waals surface area contributed by atoms with Gasteiger partial charge in [-0.3, -0.25) is 0 Å². The molecule has 1 aromatic carbocycles. The molecule has 3 heterocycles. The van der Waals surface area contributed by atoms with Crippen LogP contribution in [0.4, 0.5) is 30.6 Å². The lowest BCUT2D eigenvalue weighted by molar-refractivity contribution is -0.137. The lowest BCUT2D eigenvalue weighted by atomic mass is 10.2. The van der Waals surface area contributed by atoms with Gasteiger partial charge in [0.1, 0.15) is 5.82 Å². The number of ether oxygens (including phenoxy) is 1. The van der Waals surface area contributed by atoms with Crippen molar-refractivity contribution in [2.24, 2.45) is 0 Å². The molecule has 4 aromatic rings. The first-order valence-corrected chi connectivity index (χ1v) is 10.7. The van der Waals surface area contributed by atoms with E-state index in [2.05, 4.69) is 30.5 Å². The van der Waals surface area contributed by atoms with E-state index >= 15 is 0 Å². The summed E-state index contributed by atoms with van der Waals surface area (Å²) in [5, 5.41) is 11.8. The Morgan fingerprint density at radius 2 is 1.97 bits per heavy atom. The number of nitrogens with two attached hydrogens (primary N) is 1. The average molecular weight is 465 g/mol. The smallest absolute Gasteiger partial charge is 0.416 e. The van der Waals surface area contributed by atoms with Gasteiger partial charge in [0.15, 0.2) is 16.0 Å². The first kappa shape index (κ1) is 20.9. The molecule has 0 aliphatic carbocycles. The van der Waals surface area contributed by atoms with Crippen LogP contribution in [0.2, 0.25) is 0 Å². The Morgan fingerprint density at radius 3 is 2.74 bits per heavy atom. The summed E-state index contributed by atoms with van der Waals surface area (Å²) in [6.07, 6.45) is -2.60. The van der Waals surface area contributed by atoms with Crippen LogP contribution in [-0.4, -0.2) is 31.4 Å². The molecule has 8 nitrogen and oxygen atoms in total. The molecule has 0 spiro atoms. The largest absolute Gasteiger partial charge is 0.428 e. The second-order valence-electron chi connectivity index (χ2n) is 6.06. The van der Waals surface area contributed by atoms with Crippen molar-refractivity contribution in [2.75, 3.05) is 17.3 Å². The fourth-order valence-electron chi connectivity index (χ4n) is 2.51. The fourth-order valence-corrected chi connectivity index (χ4v) is 3.69. The van der Waals surface area contributed by atoms with Crippen LogP contribution in [0.15, 0.2) is 47.6 Å². The molecular formula is C18H14F3N7OS2. The van der Waals surface area contributed by atoms with Crippen molar-refractivity contribution < 1.29 is 17.9 Å². The standard InChI is InChI=1S/C18H14F3N7OS2/c1-30-17-24-12(22)8-13(25-17)29-14-6-5-11(31-14)15-26-16(28-27-15)23-10-4-2-3-9(7-10)18(19,20)21/h2-8H,1H3,(H2,22,24,25)(H2,23,26,27,28). The van der Waals surface area contributed by atoms with Crippen molar-refractivity contribution in [1.29, 1.82) is 0 Å². The van der Waals surface area contributed by atoms with E-state index in [1.165, 1.54) is 41.3 Å². The van der Waals surface area contributed by atoms with Gasteiger partial charge in [-0.15, -0.1) is 10.2 Å². The molecule has 0 aliphatic heterocycles. The molecule has 0 unspecified atom stereocenters. The molecule has 0 bridgehead atoms. The maximum absolute atomic E-state index is 12.9. The topological polar surface area (TPSA) is 115 Å². The molecule has 0 fully saturated rings. The Morgan fingerprint density at radius 1 is 1.13 bits per heavy atom. The van der Waals surface area contributed by atoms with E-state index in [1.54, 1.807) is 12.1 Å². The molecule has 4 N–H and O–H groups in total. The van der Waals surface area contributed by atoms with Crippen LogP contribution < -0.4 is 15.8 Å². The van der Waals surface area contributed by atoms with Gasteiger partial charge in [0.2, 0.25) is 11.8 Å². The van der Waals surface area contributed by atoms with Crippen molar-refractivity contribution in [3.8, 4) is 21.6 Å². The summed E-state index contributed by atoms with van der Waals surface area (Å²) in [6, 6.07) is 9.84. The summed E-state index contributed by atoms with van der Waals surface area (Å²) in [6.45, 7) is 0. The van der Waals surface area contributed by atoms with E-state index in [9.17, 15) is 13.2 Å². The third-order valence-electron chi connectivity index (χ3n) is 3.84. The summed E-state index contributed by atoms with van der Waals surface area (Å²) in [7, 11) is 0. The minimum absolute atomic E-state index is 0.207. The number of anilines is 3. The lowest BCUT2D eigenvalue weighted by Gasteiger charge is -2.08. The van der Waals surface area contributed by atoms with Gasteiger partial charge in [-0.1, -0.05) is 29.2 Å². The number of aromatic nitrogens is 5. The number of halogens is 3. The SMILES string of the molecule is CSc1nc(N)cc(Oc2ccc(-c3nnc(Nc4cccc(C(F)(F)F)c4)[nH]3)s2)n1. The van der Waals surface area contributed by atoms with Crippen LogP contribution in [-0.2, 0) is 6.18 Å². The number of thiophene rings is 1. The number of nitrogens with zero attached hydrogens (tertiary/aromatic N) is 4. The van der Waals surface area contributed by atoms with E-state index in [1.807, 2.05) is 6.26 Å². The zero-order valence-electron chi connectivity index (χ0n) is 15.8. The first-order chi connectivity index (χ1) is 14.8. The Labute approximate surface area is 182 Å². The number of hydrogen-bond donors (Lipinski definition) is 3. The normalized spacial score (nSPS) is 11.5. The minimum Gasteiger partial charge on any atom is -0.428 e. The summed E-state index contributed by atoms with van der Waals surface area (Å²) in [4.78, 5) is 11.9. The number of H-pyrrole nitrogens is 1. The maximum Gasteiger partial charge on any atom is 0.416 e. The third kappa shape index (κ3) is 5.06. The number of thioether (sulfide) groups is 1. The molecule has 160 valence electrons. The fraction of sp³-hybridized carbons (Fsp3) is 0.111. The number of nitrogens with one attached hydrogen (secondary N) is 2. The van der Waals surface area contributed by atoms with Crippen molar-refractivity contribution in [2.45, 2.75) is 11.3 Å². The van der Waals surface area contributed by atoms with Gasteiger partial charge < -0.3 is 20.8 Å². The molecule has 0 aliphatic rings. The van der Waals surface area contributed by atoms with Crippen molar-refractivity contribution in [3.63, 3.8) is 0 Å². The summed E-state index contributed by atoms with van der Waals surface area (Å²) < 4.78 is 44.3. The quantitative estimate of drug-likeness (QED) is 0.264. The molecule has 0 radical (unpaired) electrons. The van der Waals surface area contributed by atoms with E-state index < -0.39 is 11.7 Å². The predicted octanol–water partition coefficient (Wildman–Crippen LogP) is 5.18. The maximum atomic E-state index is 12.9. The van der Waals surface area contributed by atoms with Crippen molar-refractivity contribution >= 4 is 40.6 Å². The van der Waals surface area contributed by atoms with Crippen molar-refractivity contribution in [1.82, 2.24) is 25.1 Å². The molecule has 0 saturated carbocycles. The van der Waals surface area contributed by atoms with Gasteiger partial charge in [0, 0.05) is 11.8 Å². The van der Waals surface area contributed by atoms with Crippen LogP contribution in [0.25, 0.3) is 10.7 Å². The van der Waals surface area contributed by atoms with E-state index in [-0.39, 0.29) is 11.6 Å². The molecule has 3 aromatic heterocycles. The zero-order valence-corrected chi connectivity index (χ0v) is 17.4. The number of benzene rings is 1. The Kier molecular flexibility index (Phi) is 5.69. The molecule has 0 amide bonds. The number of hydrogen-bond acceptors (Lipinski definition) is 9. The van der Waals surface area contributed by atoms with E-state index in [4.69, 9.17) is 10.5 Å². The van der Waals surface area contributed by atoms with Gasteiger partial charge >= 0.3 is 6.18 Å². The van der Waals surface area contributed by atoms with E-state index in [0.717, 1.165) is 12.1 Å². The number of rotatable bonds is 6. The second-order valence-corrected chi connectivity index (χ2v) is 7.88. The van der Waals surface area contributed by atoms with Gasteiger partial charge in [-0.05, 0) is 36.6 Å². The van der Waals surface area contributed by atoms with Crippen LogP contribution in [0, 0.1) is 0 Å².